The summed E-state index contributed by atoms with van der Waals surface area (Å²) in [6.07, 6.45) is 0. The molecule has 2 nitrogen and oxygen atoms in total. The molecule has 0 heterocycles. The summed E-state index contributed by atoms with van der Waals surface area (Å²) in [6, 6.07) is 1.68. The highest BCUT2D eigenvalue weighted by Crippen LogP contribution is 2.22. The van der Waals surface area contributed by atoms with Gasteiger partial charge in [0.05, 0.1) is 0 Å². The van der Waals surface area contributed by atoms with Crippen molar-refractivity contribution in [2.75, 3.05) is 12.4 Å². The van der Waals surface area contributed by atoms with Crippen molar-refractivity contribution >= 4 is 5.69 Å². The van der Waals surface area contributed by atoms with Gasteiger partial charge in [-0.1, -0.05) is 0 Å². The molecule has 0 radical (unpaired) electrons. The van der Waals surface area contributed by atoms with E-state index in [0.717, 1.165) is 12.1 Å². The predicted octanol–water partition coefficient (Wildman–Crippen LogP) is 1.71. The molecule has 0 aliphatic heterocycles. The minimum atomic E-state index is -0.801. The monoisotopic (exact) mass is 159 g/mol. The summed E-state index contributed by atoms with van der Waals surface area (Å²) >= 11 is 0. The second kappa shape index (κ2) is 2.74. The summed E-state index contributed by atoms with van der Waals surface area (Å²) in [5, 5.41) is 11.0. The fraction of sp³-hybridized carbons (Fsp3) is 0.143. The first-order chi connectivity index (χ1) is 5.15. The molecule has 0 amide bonds. The van der Waals surface area contributed by atoms with Crippen LogP contribution < -0.4 is 5.32 Å². The largest absolute Gasteiger partial charge is 0.508 e. The number of anilines is 1. The van der Waals surface area contributed by atoms with E-state index in [1.807, 2.05) is 0 Å². The molecule has 1 rings (SSSR count). The van der Waals surface area contributed by atoms with Crippen molar-refractivity contribution < 1.29 is 13.9 Å². The zero-order valence-corrected chi connectivity index (χ0v) is 5.86. The normalized spacial score (nSPS) is 9.73. The summed E-state index contributed by atoms with van der Waals surface area (Å²) in [5.74, 6) is -2.02. The molecule has 1 aromatic carbocycles. The molecule has 60 valence electrons. The zero-order chi connectivity index (χ0) is 8.43. The van der Waals surface area contributed by atoms with Crippen molar-refractivity contribution in [2.45, 2.75) is 0 Å². The Labute approximate surface area is 62.5 Å². The second-order valence-electron chi connectivity index (χ2n) is 2.03. The van der Waals surface area contributed by atoms with Gasteiger partial charge in [0.1, 0.15) is 11.4 Å². The molecule has 2 N–H and O–H groups in total. The Hall–Kier alpha value is -1.32. The van der Waals surface area contributed by atoms with E-state index >= 15 is 0 Å². The quantitative estimate of drug-likeness (QED) is 0.611. The molecule has 0 spiro atoms. The van der Waals surface area contributed by atoms with E-state index in [0.29, 0.717) is 0 Å². The van der Waals surface area contributed by atoms with Crippen molar-refractivity contribution in [3.63, 3.8) is 0 Å². The Kier molecular flexibility index (Phi) is 1.94. The number of nitrogens with one attached hydrogen (secondary N) is 1. The van der Waals surface area contributed by atoms with Crippen molar-refractivity contribution in [1.29, 1.82) is 0 Å². The Morgan fingerprint density at radius 2 is 1.73 bits per heavy atom. The lowest BCUT2D eigenvalue weighted by Gasteiger charge is -2.03. The van der Waals surface area contributed by atoms with Gasteiger partial charge in [0.15, 0.2) is 11.6 Å². The zero-order valence-electron chi connectivity index (χ0n) is 5.86. The van der Waals surface area contributed by atoms with Crippen LogP contribution in [0.2, 0.25) is 0 Å². The Morgan fingerprint density at radius 3 is 2.09 bits per heavy atom. The van der Waals surface area contributed by atoms with Crippen molar-refractivity contribution in [2.24, 2.45) is 0 Å². The molecule has 0 saturated carbocycles. The number of benzene rings is 1. The predicted molar refractivity (Wildman–Crippen MR) is 37.6 cm³/mol. The van der Waals surface area contributed by atoms with E-state index in [1.54, 1.807) is 0 Å². The lowest BCUT2D eigenvalue weighted by molar-refractivity contribution is 0.461. The first-order valence-corrected chi connectivity index (χ1v) is 3.01. The molecule has 0 aromatic heterocycles. The fourth-order valence-electron chi connectivity index (χ4n) is 0.799. The minimum Gasteiger partial charge on any atom is -0.508 e. The highest BCUT2D eigenvalue weighted by Gasteiger charge is 2.07. The molecule has 0 atom stereocenters. The maximum atomic E-state index is 12.6. The average molecular weight is 159 g/mol. The number of hydrogen-bond acceptors (Lipinski definition) is 2. The standard InChI is InChI=1S/C7H7F2NO/c1-10-7-5(8)2-4(11)3-6(7)9/h2-3,10-11H,1H3. The molecular formula is C7H7F2NO. The third-order valence-corrected chi connectivity index (χ3v) is 1.28. The fourth-order valence-corrected chi connectivity index (χ4v) is 0.799. The van der Waals surface area contributed by atoms with Crippen molar-refractivity contribution in [3.05, 3.63) is 23.8 Å². The Balaban J connectivity index is 3.25. The SMILES string of the molecule is CNc1c(F)cc(O)cc1F. The van der Waals surface area contributed by atoms with Crippen LogP contribution in [0.5, 0.6) is 5.75 Å². The lowest BCUT2D eigenvalue weighted by Crippen LogP contribution is -1.95. The van der Waals surface area contributed by atoms with Gasteiger partial charge in [-0.15, -0.1) is 0 Å². The molecule has 0 saturated heterocycles. The van der Waals surface area contributed by atoms with Gasteiger partial charge in [0.2, 0.25) is 0 Å². The van der Waals surface area contributed by atoms with Crippen LogP contribution in [0.25, 0.3) is 0 Å². The van der Waals surface area contributed by atoms with E-state index in [1.165, 1.54) is 7.05 Å². The Bertz CT molecular complexity index is 252. The summed E-state index contributed by atoms with van der Waals surface area (Å²) < 4.78 is 25.3. The number of rotatable bonds is 1. The van der Waals surface area contributed by atoms with Gasteiger partial charge in [0, 0.05) is 19.2 Å². The van der Waals surface area contributed by atoms with Gasteiger partial charge in [-0.2, -0.15) is 0 Å². The van der Waals surface area contributed by atoms with Gasteiger partial charge in [-0.3, -0.25) is 0 Å². The molecule has 4 heteroatoms. The van der Waals surface area contributed by atoms with E-state index in [4.69, 9.17) is 5.11 Å². The van der Waals surface area contributed by atoms with Crippen molar-refractivity contribution in [3.8, 4) is 5.75 Å². The van der Waals surface area contributed by atoms with E-state index in [9.17, 15) is 8.78 Å². The molecule has 1 aromatic rings. The second-order valence-corrected chi connectivity index (χ2v) is 2.03. The third-order valence-electron chi connectivity index (χ3n) is 1.28. The summed E-state index contributed by atoms with van der Waals surface area (Å²) in [5.41, 5.74) is -0.234. The maximum absolute atomic E-state index is 12.6. The molecule has 0 bridgehead atoms. The van der Waals surface area contributed by atoms with E-state index in [-0.39, 0.29) is 5.69 Å². The average Bonchev–Trinajstić information content (AvgIpc) is 1.85. The molecule has 0 aliphatic rings. The highest BCUT2D eigenvalue weighted by molar-refractivity contribution is 5.48. The molecule has 0 aliphatic carbocycles. The number of aromatic hydroxyl groups is 1. The smallest absolute Gasteiger partial charge is 0.152 e. The van der Waals surface area contributed by atoms with Crippen LogP contribution in [0.3, 0.4) is 0 Å². The van der Waals surface area contributed by atoms with Crippen LogP contribution in [-0.4, -0.2) is 12.2 Å². The van der Waals surface area contributed by atoms with Gasteiger partial charge >= 0.3 is 0 Å². The molecule has 0 fully saturated rings. The first kappa shape index (κ1) is 7.78. The number of hydrogen-bond donors (Lipinski definition) is 2. The number of halogens is 2. The number of phenolic OH excluding ortho intramolecular Hbond substituents is 1. The summed E-state index contributed by atoms with van der Waals surface area (Å²) in [4.78, 5) is 0. The summed E-state index contributed by atoms with van der Waals surface area (Å²) in [6.45, 7) is 0. The van der Waals surface area contributed by atoms with Crippen LogP contribution in [0, 0.1) is 11.6 Å². The van der Waals surface area contributed by atoms with Gasteiger partial charge in [-0.05, 0) is 0 Å². The van der Waals surface area contributed by atoms with Crippen LogP contribution >= 0.6 is 0 Å². The summed E-state index contributed by atoms with van der Waals surface area (Å²) in [7, 11) is 1.40. The topological polar surface area (TPSA) is 32.3 Å². The lowest BCUT2D eigenvalue weighted by atomic mass is 10.3. The van der Waals surface area contributed by atoms with Crippen LogP contribution in [-0.2, 0) is 0 Å². The van der Waals surface area contributed by atoms with Crippen molar-refractivity contribution in [1.82, 2.24) is 0 Å². The van der Waals surface area contributed by atoms with Gasteiger partial charge in [-0.25, -0.2) is 8.78 Å². The first-order valence-electron chi connectivity index (χ1n) is 3.01. The Morgan fingerprint density at radius 1 is 1.27 bits per heavy atom. The molecule has 11 heavy (non-hydrogen) atoms. The van der Waals surface area contributed by atoms with Gasteiger partial charge in [0.25, 0.3) is 0 Å². The number of phenols is 1. The highest BCUT2D eigenvalue weighted by atomic mass is 19.1. The molecular weight excluding hydrogens is 152 g/mol. The van der Waals surface area contributed by atoms with Crippen LogP contribution in [0.4, 0.5) is 14.5 Å². The molecule has 0 unspecified atom stereocenters. The van der Waals surface area contributed by atoms with E-state index < -0.39 is 17.4 Å². The van der Waals surface area contributed by atoms with Crippen LogP contribution in [0.1, 0.15) is 0 Å². The maximum Gasteiger partial charge on any atom is 0.152 e. The van der Waals surface area contributed by atoms with Gasteiger partial charge < -0.3 is 10.4 Å². The third kappa shape index (κ3) is 1.39. The minimum absolute atomic E-state index is 0.234. The van der Waals surface area contributed by atoms with E-state index in [2.05, 4.69) is 5.32 Å². The van der Waals surface area contributed by atoms with Crippen LogP contribution in [0.15, 0.2) is 12.1 Å².